The first-order chi connectivity index (χ1) is 7.21. The first-order valence-electron chi connectivity index (χ1n) is 5.06. The highest BCUT2D eigenvalue weighted by molar-refractivity contribution is 7.96. The van der Waals surface area contributed by atoms with Crippen LogP contribution in [0.3, 0.4) is 0 Å². The van der Waals surface area contributed by atoms with E-state index in [0.717, 1.165) is 5.56 Å². The van der Waals surface area contributed by atoms with Gasteiger partial charge in [-0.15, -0.1) is 5.54 Å². The molecule has 0 aliphatic heterocycles. The Morgan fingerprint density at radius 3 is 2.00 bits per heavy atom. The third kappa shape index (κ3) is 3.84. The second kappa shape index (κ2) is 4.44. The molecular formula is C12H16O2SSi. The van der Waals surface area contributed by atoms with Crippen molar-refractivity contribution in [3.63, 3.8) is 0 Å². The molecule has 1 aromatic rings. The van der Waals surface area contributed by atoms with Crippen LogP contribution in [-0.2, 0) is 9.84 Å². The van der Waals surface area contributed by atoms with Crippen LogP contribution in [0.25, 0.3) is 0 Å². The minimum Gasteiger partial charge on any atom is -0.210 e. The Morgan fingerprint density at radius 2 is 1.56 bits per heavy atom. The molecule has 0 fully saturated rings. The predicted octanol–water partition coefficient (Wildman–Crippen LogP) is 2.61. The van der Waals surface area contributed by atoms with E-state index in [9.17, 15) is 8.42 Å². The zero-order chi connectivity index (χ0) is 12.4. The number of hydrogen-bond donors (Lipinski definition) is 0. The molecule has 0 aliphatic rings. The fourth-order valence-corrected chi connectivity index (χ4v) is 3.37. The van der Waals surface area contributed by atoms with Crippen molar-refractivity contribution in [2.45, 2.75) is 31.5 Å². The summed E-state index contributed by atoms with van der Waals surface area (Å²) in [6.45, 7) is 7.98. The summed E-state index contributed by atoms with van der Waals surface area (Å²) in [5.74, 6) is 0. The average molecular weight is 252 g/mol. The van der Waals surface area contributed by atoms with E-state index in [1.807, 2.05) is 26.6 Å². The Hall–Kier alpha value is -1.05. The predicted molar refractivity (Wildman–Crippen MR) is 69.5 cm³/mol. The number of rotatable bonds is 1. The van der Waals surface area contributed by atoms with Crippen molar-refractivity contribution in [2.24, 2.45) is 0 Å². The molecule has 2 nitrogen and oxygen atoms in total. The van der Waals surface area contributed by atoms with Gasteiger partial charge in [-0.2, -0.15) is 0 Å². The van der Waals surface area contributed by atoms with Crippen LogP contribution in [-0.4, -0.2) is 16.5 Å². The Balaban J connectivity index is 3.12. The molecular weight excluding hydrogens is 236 g/mol. The van der Waals surface area contributed by atoms with E-state index in [-0.39, 0.29) is 4.90 Å². The van der Waals surface area contributed by atoms with E-state index < -0.39 is 17.9 Å². The Bertz CT molecular complexity index is 525. The lowest BCUT2D eigenvalue weighted by Gasteiger charge is -2.03. The quantitative estimate of drug-likeness (QED) is 0.569. The zero-order valence-electron chi connectivity index (χ0n) is 10.0. The van der Waals surface area contributed by atoms with Crippen LogP contribution in [0.15, 0.2) is 29.2 Å². The summed E-state index contributed by atoms with van der Waals surface area (Å²) in [6.07, 6.45) is 0. The maximum absolute atomic E-state index is 11.8. The molecule has 0 amide bonds. The number of aryl methyl sites for hydroxylation is 1. The standard InChI is InChI=1S/C12H16O2SSi/c1-11-5-7-12(8-6-11)15(13,14)9-10-16(2,3)4/h5-8H,1-4H3. The lowest BCUT2D eigenvalue weighted by molar-refractivity contribution is 0.606. The fourth-order valence-electron chi connectivity index (χ4n) is 0.997. The summed E-state index contributed by atoms with van der Waals surface area (Å²) in [4.78, 5) is 0.281. The van der Waals surface area contributed by atoms with Crippen molar-refractivity contribution in [2.75, 3.05) is 0 Å². The van der Waals surface area contributed by atoms with Crippen LogP contribution < -0.4 is 0 Å². The van der Waals surface area contributed by atoms with Gasteiger partial charge in [-0.05, 0) is 19.1 Å². The molecule has 0 unspecified atom stereocenters. The highest BCUT2D eigenvalue weighted by Crippen LogP contribution is 2.11. The van der Waals surface area contributed by atoms with E-state index in [0.29, 0.717) is 0 Å². The molecule has 0 bridgehead atoms. The van der Waals surface area contributed by atoms with Crippen LogP contribution in [0, 0.1) is 17.7 Å². The van der Waals surface area contributed by atoms with Crippen LogP contribution in [0.2, 0.25) is 19.6 Å². The van der Waals surface area contributed by atoms with Crippen molar-refractivity contribution >= 4 is 17.9 Å². The summed E-state index contributed by atoms with van der Waals surface area (Å²) >= 11 is 0. The smallest absolute Gasteiger partial charge is 0.210 e. The normalized spacial score (nSPS) is 11.8. The van der Waals surface area contributed by atoms with E-state index in [1.54, 1.807) is 24.3 Å². The first-order valence-corrected chi connectivity index (χ1v) is 10.0. The lowest BCUT2D eigenvalue weighted by atomic mass is 10.2. The molecule has 0 atom stereocenters. The van der Waals surface area contributed by atoms with Crippen LogP contribution in [0.1, 0.15) is 5.56 Å². The molecule has 0 N–H and O–H groups in total. The van der Waals surface area contributed by atoms with E-state index in [4.69, 9.17) is 0 Å². The van der Waals surface area contributed by atoms with Crippen molar-refractivity contribution in [3.05, 3.63) is 29.8 Å². The van der Waals surface area contributed by atoms with Crippen molar-refractivity contribution < 1.29 is 8.42 Å². The van der Waals surface area contributed by atoms with E-state index in [1.165, 1.54) is 0 Å². The number of sulfone groups is 1. The Kier molecular flexibility index (Phi) is 3.61. The van der Waals surface area contributed by atoms with Gasteiger partial charge in [0.25, 0.3) is 0 Å². The van der Waals surface area contributed by atoms with E-state index >= 15 is 0 Å². The second-order valence-electron chi connectivity index (χ2n) is 4.79. The minimum absolute atomic E-state index is 0.281. The van der Waals surface area contributed by atoms with Crippen LogP contribution >= 0.6 is 0 Å². The van der Waals surface area contributed by atoms with Gasteiger partial charge in [-0.25, -0.2) is 8.42 Å². The lowest BCUT2D eigenvalue weighted by Crippen LogP contribution is -2.17. The van der Waals surface area contributed by atoms with Gasteiger partial charge in [0, 0.05) is 5.25 Å². The maximum atomic E-state index is 11.8. The number of hydrogen-bond acceptors (Lipinski definition) is 2. The van der Waals surface area contributed by atoms with Crippen molar-refractivity contribution in [3.8, 4) is 10.8 Å². The summed E-state index contributed by atoms with van der Waals surface area (Å²) < 4.78 is 23.7. The van der Waals surface area contributed by atoms with Crippen LogP contribution in [0.4, 0.5) is 0 Å². The van der Waals surface area contributed by atoms with Crippen LogP contribution in [0.5, 0.6) is 0 Å². The molecule has 0 aromatic heterocycles. The zero-order valence-corrected chi connectivity index (χ0v) is 11.9. The topological polar surface area (TPSA) is 34.1 Å². The molecule has 0 aliphatic carbocycles. The van der Waals surface area contributed by atoms with E-state index in [2.05, 4.69) is 10.8 Å². The second-order valence-corrected chi connectivity index (χ2v) is 11.2. The average Bonchev–Trinajstić information content (AvgIpc) is 2.15. The molecule has 0 radical (unpaired) electrons. The number of benzene rings is 1. The third-order valence-corrected chi connectivity index (χ3v) is 4.21. The Labute approximate surface area is 98.6 Å². The summed E-state index contributed by atoms with van der Waals surface area (Å²) in [7, 11) is -5.09. The van der Waals surface area contributed by atoms with Gasteiger partial charge in [0.1, 0.15) is 8.07 Å². The molecule has 1 aromatic carbocycles. The van der Waals surface area contributed by atoms with Gasteiger partial charge < -0.3 is 0 Å². The molecule has 86 valence electrons. The molecule has 0 heterocycles. The SMILES string of the molecule is Cc1ccc(S(=O)(=O)C#C[Si](C)(C)C)cc1. The fraction of sp³-hybridized carbons (Fsp3) is 0.333. The van der Waals surface area contributed by atoms with Crippen molar-refractivity contribution in [1.82, 2.24) is 0 Å². The van der Waals surface area contributed by atoms with Gasteiger partial charge in [0.2, 0.25) is 9.84 Å². The van der Waals surface area contributed by atoms with Gasteiger partial charge >= 0.3 is 0 Å². The van der Waals surface area contributed by atoms with Gasteiger partial charge in [0.15, 0.2) is 0 Å². The largest absolute Gasteiger partial charge is 0.244 e. The van der Waals surface area contributed by atoms with Gasteiger partial charge in [-0.3, -0.25) is 0 Å². The summed E-state index contributed by atoms with van der Waals surface area (Å²) in [5, 5.41) is 2.42. The highest BCUT2D eigenvalue weighted by Gasteiger charge is 2.13. The molecule has 0 spiro atoms. The third-order valence-electron chi connectivity index (χ3n) is 1.89. The Morgan fingerprint density at radius 1 is 1.06 bits per heavy atom. The molecule has 0 saturated heterocycles. The van der Waals surface area contributed by atoms with Gasteiger partial charge in [-0.1, -0.05) is 37.3 Å². The van der Waals surface area contributed by atoms with Gasteiger partial charge in [0.05, 0.1) is 4.90 Å². The molecule has 16 heavy (non-hydrogen) atoms. The molecule has 4 heteroatoms. The monoisotopic (exact) mass is 252 g/mol. The van der Waals surface area contributed by atoms with Crippen molar-refractivity contribution in [1.29, 1.82) is 0 Å². The minimum atomic E-state index is -3.44. The summed E-state index contributed by atoms with van der Waals surface area (Å²) in [6, 6.07) is 6.76. The molecule has 0 saturated carbocycles. The summed E-state index contributed by atoms with van der Waals surface area (Å²) in [5.41, 5.74) is 3.92. The highest BCUT2D eigenvalue weighted by atomic mass is 32.2. The molecule has 1 rings (SSSR count). The first kappa shape index (κ1) is 13.0. The maximum Gasteiger partial charge on any atom is 0.244 e.